The zero-order chi connectivity index (χ0) is 14.8. The van der Waals surface area contributed by atoms with E-state index < -0.39 is 0 Å². The van der Waals surface area contributed by atoms with Crippen molar-refractivity contribution in [2.45, 2.75) is 19.8 Å². The highest BCUT2D eigenvalue weighted by atomic mass is 32.1. The predicted molar refractivity (Wildman–Crippen MR) is 93.1 cm³/mol. The van der Waals surface area contributed by atoms with Crippen molar-refractivity contribution in [3.8, 4) is 0 Å². The van der Waals surface area contributed by atoms with Crippen LogP contribution in [0.15, 0.2) is 42.5 Å². The molecule has 2 N–H and O–H groups in total. The first kappa shape index (κ1) is 14.1. The fourth-order valence-electron chi connectivity index (χ4n) is 3.17. The third-order valence-electron chi connectivity index (χ3n) is 4.24. The number of thiocarbonyl (C=S) groups is 1. The minimum Gasteiger partial charge on any atom is -0.389 e. The molecule has 1 aliphatic rings. The van der Waals surface area contributed by atoms with Gasteiger partial charge in [-0.25, -0.2) is 0 Å². The van der Waals surface area contributed by atoms with E-state index in [0.717, 1.165) is 31.5 Å². The molecule has 0 radical (unpaired) electrons. The first-order valence-corrected chi connectivity index (χ1v) is 7.79. The Bertz CT molecular complexity index is 652. The van der Waals surface area contributed by atoms with Gasteiger partial charge < -0.3 is 10.6 Å². The van der Waals surface area contributed by atoms with E-state index in [2.05, 4.69) is 42.2 Å². The normalized spacial score (nSPS) is 14.4. The smallest absolute Gasteiger partial charge is 0.106 e. The van der Waals surface area contributed by atoms with E-state index in [-0.39, 0.29) is 0 Å². The van der Waals surface area contributed by atoms with Crippen molar-refractivity contribution in [2.75, 3.05) is 18.0 Å². The van der Waals surface area contributed by atoms with Gasteiger partial charge in [0.15, 0.2) is 0 Å². The molecule has 0 spiro atoms. The largest absolute Gasteiger partial charge is 0.389 e. The molecule has 0 saturated heterocycles. The summed E-state index contributed by atoms with van der Waals surface area (Å²) >= 11 is 5.23. The van der Waals surface area contributed by atoms with Crippen molar-refractivity contribution in [2.24, 2.45) is 5.73 Å². The van der Waals surface area contributed by atoms with Gasteiger partial charge in [-0.15, -0.1) is 0 Å². The van der Waals surface area contributed by atoms with Crippen molar-refractivity contribution >= 4 is 22.9 Å². The van der Waals surface area contributed by atoms with Gasteiger partial charge in [0.2, 0.25) is 0 Å². The molecule has 0 bridgehead atoms. The number of fused-ring (bicyclic) bond motifs is 1. The summed E-state index contributed by atoms with van der Waals surface area (Å²) in [6.07, 6.45) is 2.14. The second-order valence-electron chi connectivity index (χ2n) is 5.59. The van der Waals surface area contributed by atoms with E-state index in [9.17, 15) is 0 Å². The highest BCUT2D eigenvalue weighted by Crippen LogP contribution is 2.28. The molecule has 0 amide bonds. The third kappa shape index (κ3) is 2.79. The average molecular weight is 296 g/mol. The number of aryl methyl sites for hydroxylation is 1. The molecule has 21 heavy (non-hydrogen) atoms. The van der Waals surface area contributed by atoms with Gasteiger partial charge >= 0.3 is 0 Å². The van der Waals surface area contributed by atoms with Crippen LogP contribution in [0.1, 0.15) is 22.3 Å². The molecule has 0 aliphatic carbocycles. The fraction of sp³-hybridized carbons (Fsp3) is 0.278. The molecule has 3 heteroatoms. The Morgan fingerprint density at radius 1 is 1.00 bits per heavy atom. The van der Waals surface area contributed by atoms with E-state index in [0.29, 0.717) is 4.99 Å². The standard InChI is InChI=1S/C18H20N2S/c1-13-5-4-8-16(18(19)21)17(13)20-11-9-14-6-2-3-7-15(14)10-12-20/h2-8H,9-12H2,1H3,(H2,19,21). The zero-order valence-electron chi connectivity index (χ0n) is 12.3. The van der Waals surface area contributed by atoms with E-state index in [1.165, 1.54) is 22.4 Å². The lowest BCUT2D eigenvalue weighted by atomic mass is 10.0. The number of nitrogens with two attached hydrogens (primary N) is 1. The van der Waals surface area contributed by atoms with Gasteiger partial charge in [0.05, 0.1) is 0 Å². The van der Waals surface area contributed by atoms with Crippen LogP contribution >= 0.6 is 12.2 Å². The Morgan fingerprint density at radius 3 is 2.19 bits per heavy atom. The summed E-state index contributed by atoms with van der Waals surface area (Å²) in [5.74, 6) is 0. The highest BCUT2D eigenvalue weighted by Gasteiger charge is 2.18. The lowest BCUT2D eigenvalue weighted by Crippen LogP contribution is -2.29. The van der Waals surface area contributed by atoms with Crippen LogP contribution in [0.3, 0.4) is 0 Å². The lowest BCUT2D eigenvalue weighted by molar-refractivity contribution is 0.802. The summed E-state index contributed by atoms with van der Waals surface area (Å²) in [6.45, 7) is 4.16. The lowest BCUT2D eigenvalue weighted by Gasteiger charge is -2.27. The fourth-order valence-corrected chi connectivity index (χ4v) is 3.33. The molecule has 108 valence electrons. The van der Waals surface area contributed by atoms with Crippen LogP contribution in [-0.4, -0.2) is 18.1 Å². The second kappa shape index (κ2) is 5.86. The summed E-state index contributed by atoms with van der Waals surface area (Å²) in [5.41, 5.74) is 12.3. The van der Waals surface area contributed by atoms with Crippen LogP contribution in [0.5, 0.6) is 0 Å². The Labute approximate surface area is 131 Å². The van der Waals surface area contributed by atoms with Gasteiger partial charge in [-0.3, -0.25) is 0 Å². The van der Waals surface area contributed by atoms with E-state index in [4.69, 9.17) is 18.0 Å². The highest BCUT2D eigenvalue weighted by molar-refractivity contribution is 7.80. The number of anilines is 1. The second-order valence-corrected chi connectivity index (χ2v) is 6.03. The molecule has 0 aromatic heterocycles. The maximum absolute atomic E-state index is 5.92. The number of hydrogen-bond acceptors (Lipinski definition) is 2. The summed E-state index contributed by atoms with van der Waals surface area (Å²) in [7, 11) is 0. The molecule has 1 heterocycles. The number of rotatable bonds is 2. The van der Waals surface area contributed by atoms with Crippen LogP contribution in [0.4, 0.5) is 5.69 Å². The topological polar surface area (TPSA) is 29.3 Å². The Hall–Kier alpha value is -1.87. The van der Waals surface area contributed by atoms with Crippen molar-refractivity contribution in [1.82, 2.24) is 0 Å². The molecular formula is C18H20N2S. The summed E-state index contributed by atoms with van der Waals surface area (Å²) in [4.78, 5) is 2.92. The van der Waals surface area contributed by atoms with Crippen LogP contribution < -0.4 is 10.6 Å². The average Bonchev–Trinajstić information content (AvgIpc) is 2.69. The predicted octanol–water partition coefficient (Wildman–Crippen LogP) is 3.23. The van der Waals surface area contributed by atoms with Crippen molar-refractivity contribution in [1.29, 1.82) is 0 Å². The number of nitrogens with zero attached hydrogens (tertiary/aromatic N) is 1. The summed E-state index contributed by atoms with van der Waals surface area (Å²) in [5, 5.41) is 0. The Balaban J connectivity index is 1.95. The zero-order valence-corrected chi connectivity index (χ0v) is 13.1. The number of hydrogen-bond donors (Lipinski definition) is 1. The van der Waals surface area contributed by atoms with Gasteiger partial charge in [0.1, 0.15) is 4.99 Å². The summed E-state index contributed by atoms with van der Waals surface area (Å²) in [6, 6.07) is 14.9. The van der Waals surface area contributed by atoms with Gasteiger partial charge in [0.25, 0.3) is 0 Å². The van der Waals surface area contributed by atoms with Gasteiger partial charge in [-0.1, -0.05) is 48.6 Å². The molecule has 3 rings (SSSR count). The molecule has 1 aliphatic heterocycles. The molecule has 0 saturated carbocycles. The van der Waals surface area contributed by atoms with Gasteiger partial charge in [-0.2, -0.15) is 0 Å². The maximum Gasteiger partial charge on any atom is 0.106 e. The Kier molecular flexibility index (Phi) is 3.93. The molecule has 0 unspecified atom stereocenters. The van der Waals surface area contributed by atoms with Crippen LogP contribution in [0.25, 0.3) is 0 Å². The summed E-state index contributed by atoms with van der Waals surface area (Å²) < 4.78 is 0. The van der Waals surface area contributed by atoms with Crippen molar-refractivity contribution in [3.05, 3.63) is 64.7 Å². The molecule has 0 fully saturated rings. The van der Waals surface area contributed by atoms with Crippen LogP contribution in [0, 0.1) is 6.92 Å². The molecular weight excluding hydrogens is 276 g/mol. The van der Waals surface area contributed by atoms with Crippen LogP contribution in [0.2, 0.25) is 0 Å². The van der Waals surface area contributed by atoms with Crippen molar-refractivity contribution < 1.29 is 0 Å². The first-order chi connectivity index (χ1) is 10.2. The molecule has 2 aromatic carbocycles. The van der Waals surface area contributed by atoms with Gasteiger partial charge in [-0.05, 0) is 42.5 Å². The minimum atomic E-state index is 0.482. The monoisotopic (exact) mass is 296 g/mol. The van der Waals surface area contributed by atoms with E-state index in [1.54, 1.807) is 0 Å². The Morgan fingerprint density at radius 2 is 1.62 bits per heavy atom. The van der Waals surface area contributed by atoms with E-state index in [1.807, 2.05) is 12.1 Å². The molecule has 2 nitrogen and oxygen atoms in total. The number of benzene rings is 2. The quantitative estimate of drug-likeness (QED) is 0.863. The SMILES string of the molecule is Cc1cccc(C(N)=S)c1N1CCc2ccccc2CC1. The van der Waals surface area contributed by atoms with Crippen LogP contribution in [-0.2, 0) is 12.8 Å². The molecule has 0 atom stereocenters. The maximum atomic E-state index is 5.92. The third-order valence-corrected chi connectivity index (χ3v) is 4.46. The molecule has 2 aromatic rings. The number of para-hydroxylation sites is 1. The minimum absolute atomic E-state index is 0.482. The van der Waals surface area contributed by atoms with Crippen molar-refractivity contribution in [3.63, 3.8) is 0 Å². The van der Waals surface area contributed by atoms with Gasteiger partial charge in [0, 0.05) is 24.3 Å². The van der Waals surface area contributed by atoms with E-state index >= 15 is 0 Å². The first-order valence-electron chi connectivity index (χ1n) is 7.38.